The van der Waals surface area contributed by atoms with Crippen LogP contribution in [-0.4, -0.2) is 40.9 Å². The summed E-state index contributed by atoms with van der Waals surface area (Å²) >= 11 is 0. The highest BCUT2D eigenvalue weighted by molar-refractivity contribution is 6.39. The molecule has 0 bridgehead atoms. The van der Waals surface area contributed by atoms with E-state index in [1.807, 2.05) is 72.8 Å². The lowest BCUT2D eigenvalue weighted by atomic mass is 9.68. The maximum atomic E-state index is 10.2. The van der Waals surface area contributed by atoms with E-state index in [1.54, 1.807) is 97.1 Å². The molecule has 0 unspecified atom stereocenters. The van der Waals surface area contributed by atoms with Crippen LogP contribution in [-0.2, 0) is 25.7 Å². The van der Waals surface area contributed by atoms with Crippen molar-refractivity contribution in [2.24, 2.45) is 5.41 Å². The number of hydrogen-bond donors (Lipinski definition) is 8. The Morgan fingerprint density at radius 3 is 0.619 bits per heavy atom. The predicted molar refractivity (Wildman–Crippen MR) is 250 cm³/mol. The topological polar surface area (TPSA) is 162 Å². The molecule has 0 amide bonds. The van der Waals surface area contributed by atoms with Crippen LogP contribution in [0, 0.1) is 5.41 Å². The fourth-order valence-electron chi connectivity index (χ4n) is 9.28. The molecule has 8 heteroatoms. The van der Waals surface area contributed by atoms with Gasteiger partial charge < -0.3 is 40.9 Å². The Hall–Kier alpha value is -8.10. The highest BCUT2D eigenvalue weighted by Crippen LogP contribution is 2.46. The van der Waals surface area contributed by atoms with Gasteiger partial charge in [0.2, 0.25) is 0 Å². The number of phenols is 8. The fourth-order valence-corrected chi connectivity index (χ4v) is 9.28. The van der Waals surface area contributed by atoms with E-state index < -0.39 is 0 Å². The summed E-state index contributed by atoms with van der Waals surface area (Å²) < 4.78 is 0. The van der Waals surface area contributed by atoms with Crippen molar-refractivity contribution in [3.63, 3.8) is 0 Å². The van der Waals surface area contributed by atoms with Crippen molar-refractivity contribution >= 4 is 53.9 Å². The van der Waals surface area contributed by atoms with Gasteiger partial charge in [0.05, 0.1) is 0 Å². The van der Waals surface area contributed by atoms with E-state index in [1.165, 1.54) is 0 Å². The van der Waals surface area contributed by atoms with E-state index in [9.17, 15) is 40.9 Å². The highest BCUT2D eigenvalue weighted by Gasteiger charge is 2.32. The minimum Gasteiger partial charge on any atom is -0.508 e. The lowest BCUT2D eigenvalue weighted by molar-refractivity contribution is 0.275. The Labute approximate surface area is 362 Å². The minimum atomic E-state index is -0.234. The number of hydrogen-bond acceptors (Lipinski definition) is 8. The van der Waals surface area contributed by atoms with Gasteiger partial charge in [-0.25, -0.2) is 0 Å². The third-order valence-electron chi connectivity index (χ3n) is 12.0. The number of fused-ring (bicyclic) bond motifs is 11. The molecule has 8 nitrogen and oxygen atoms in total. The van der Waals surface area contributed by atoms with Gasteiger partial charge >= 0.3 is 0 Å². The van der Waals surface area contributed by atoms with Crippen molar-refractivity contribution in [3.8, 4) is 46.0 Å². The zero-order chi connectivity index (χ0) is 43.8. The second-order valence-corrected chi connectivity index (χ2v) is 16.5. The second kappa shape index (κ2) is 16.4. The van der Waals surface area contributed by atoms with E-state index in [2.05, 4.69) is 0 Å². The molecule has 10 aromatic carbocycles. The molecule has 0 aromatic heterocycles. The number of phenolic OH excluding ortho intramolecular Hbond substituents is 8. The fraction of sp³-hybridized carbons (Fsp3) is 0.0909. The first-order chi connectivity index (χ1) is 30.4. The van der Waals surface area contributed by atoms with Gasteiger partial charge in [-0.1, -0.05) is 72.8 Å². The molecular formula is C55H44O8. The third kappa shape index (κ3) is 8.35. The van der Waals surface area contributed by atoms with Gasteiger partial charge in [0.25, 0.3) is 0 Å². The van der Waals surface area contributed by atoms with Crippen molar-refractivity contribution in [1.82, 2.24) is 0 Å². The Balaban J connectivity index is 0.000000161. The Kier molecular flexibility index (Phi) is 10.5. The Morgan fingerprint density at radius 2 is 0.413 bits per heavy atom. The molecule has 0 heterocycles. The predicted octanol–water partition coefficient (Wildman–Crippen LogP) is 12.0. The monoisotopic (exact) mass is 832 g/mol. The maximum absolute atomic E-state index is 10.2. The SMILES string of the molecule is Oc1ccc(CC(Cc2ccc(O)cc2)(Cc2ccc(O)cc2)Cc2ccc(O)cc2)cc1.Oc1ccc2c(c1)c1cc(O)ccc1c1c3ccc(O)cc3c3cc(O)ccc3c21. The number of benzene rings is 10. The van der Waals surface area contributed by atoms with Crippen molar-refractivity contribution in [3.05, 3.63) is 192 Å². The summed E-state index contributed by atoms with van der Waals surface area (Å²) in [5.41, 5.74) is 4.23. The first-order valence-electron chi connectivity index (χ1n) is 20.6. The molecule has 0 radical (unpaired) electrons. The zero-order valence-corrected chi connectivity index (χ0v) is 34.1. The van der Waals surface area contributed by atoms with E-state index in [0.717, 1.165) is 102 Å². The largest absolute Gasteiger partial charge is 0.508 e. The molecule has 0 atom stereocenters. The molecule has 312 valence electrons. The Bertz CT molecular complexity index is 2840. The van der Waals surface area contributed by atoms with Gasteiger partial charge in [0, 0.05) is 0 Å². The second-order valence-electron chi connectivity index (χ2n) is 16.5. The van der Waals surface area contributed by atoms with E-state index in [-0.39, 0.29) is 51.4 Å². The molecule has 0 aliphatic rings. The summed E-state index contributed by atoms with van der Waals surface area (Å²) in [5.74, 6) is 1.55. The van der Waals surface area contributed by atoms with Crippen LogP contribution in [0.1, 0.15) is 22.3 Å². The smallest absolute Gasteiger partial charge is 0.116 e. The van der Waals surface area contributed by atoms with Gasteiger partial charge in [-0.3, -0.25) is 0 Å². The van der Waals surface area contributed by atoms with Gasteiger partial charge in [0.1, 0.15) is 46.0 Å². The molecule has 10 aromatic rings. The molecule has 0 spiro atoms. The van der Waals surface area contributed by atoms with E-state index in [4.69, 9.17) is 0 Å². The molecule has 0 saturated carbocycles. The summed E-state index contributed by atoms with van der Waals surface area (Å²) in [6, 6.07) is 50.3. The quantitative estimate of drug-likeness (QED) is 0.0702. The number of rotatable bonds is 8. The molecule has 10 rings (SSSR count). The molecule has 63 heavy (non-hydrogen) atoms. The lowest BCUT2D eigenvalue weighted by Crippen LogP contribution is -2.32. The molecule has 8 N–H and O–H groups in total. The maximum Gasteiger partial charge on any atom is 0.116 e. The third-order valence-corrected chi connectivity index (χ3v) is 12.0. The van der Waals surface area contributed by atoms with Crippen molar-refractivity contribution < 1.29 is 40.9 Å². The van der Waals surface area contributed by atoms with Crippen LogP contribution in [0.25, 0.3) is 53.9 Å². The lowest BCUT2D eigenvalue weighted by Gasteiger charge is -2.35. The first-order valence-corrected chi connectivity index (χ1v) is 20.6. The summed E-state index contributed by atoms with van der Waals surface area (Å²) in [5, 5.41) is 88.8. The highest BCUT2D eigenvalue weighted by atomic mass is 16.3. The first kappa shape index (κ1) is 40.3. The molecule has 0 aliphatic carbocycles. The van der Waals surface area contributed by atoms with Crippen LogP contribution in [0.3, 0.4) is 0 Å². The van der Waals surface area contributed by atoms with Gasteiger partial charge in [-0.2, -0.15) is 0 Å². The Morgan fingerprint density at radius 1 is 0.222 bits per heavy atom. The van der Waals surface area contributed by atoms with Crippen molar-refractivity contribution in [1.29, 1.82) is 0 Å². The molecular weight excluding hydrogens is 789 g/mol. The van der Waals surface area contributed by atoms with Gasteiger partial charge in [-0.05, 0) is 204 Å². The summed E-state index contributed by atoms with van der Waals surface area (Å²) in [4.78, 5) is 0. The normalized spacial score (nSPS) is 11.6. The number of aromatic hydroxyl groups is 8. The zero-order valence-electron chi connectivity index (χ0n) is 34.1. The minimum absolute atomic E-state index is 0.152. The van der Waals surface area contributed by atoms with E-state index in [0.29, 0.717) is 0 Å². The van der Waals surface area contributed by atoms with Crippen LogP contribution in [0.15, 0.2) is 170 Å². The molecule has 0 fully saturated rings. The average molecular weight is 833 g/mol. The van der Waals surface area contributed by atoms with Gasteiger partial charge in [-0.15, -0.1) is 0 Å². The van der Waals surface area contributed by atoms with Crippen LogP contribution < -0.4 is 0 Å². The van der Waals surface area contributed by atoms with E-state index >= 15 is 0 Å². The van der Waals surface area contributed by atoms with Crippen molar-refractivity contribution in [2.75, 3.05) is 0 Å². The van der Waals surface area contributed by atoms with Crippen molar-refractivity contribution in [2.45, 2.75) is 25.7 Å². The van der Waals surface area contributed by atoms with Crippen LogP contribution in [0.5, 0.6) is 46.0 Å². The summed E-state index contributed by atoms with van der Waals surface area (Å²) in [6.07, 6.45) is 3.04. The van der Waals surface area contributed by atoms with Crippen LogP contribution in [0.2, 0.25) is 0 Å². The molecule has 0 aliphatic heterocycles. The van der Waals surface area contributed by atoms with Crippen LogP contribution >= 0.6 is 0 Å². The molecule has 0 saturated heterocycles. The van der Waals surface area contributed by atoms with Crippen LogP contribution in [0.4, 0.5) is 0 Å². The summed E-state index contributed by atoms with van der Waals surface area (Å²) in [7, 11) is 0. The summed E-state index contributed by atoms with van der Waals surface area (Å²) in [6.45, 7) is 0. The average Bonchev–Trinajstić information content (AvgIpc) is 3.27. The van der Waals surface area contributed by atoms with Gasteiger partial charge in [0.15, 0.2) is 0 Å². The standard InChI is InChI=1S/C29H28O4.C26H16O4/c30-25-9-1-21(2-10-25)17-29(18-22-3-11-26(31)12-4-22,19-23-5-13-27(32)14-6-23)20-24-7-15-28(33)16-8-24;27-13-1-5-17-21(9-13)22-10-14(28)3-7-19(22)26-20-8-4-16(30)12-24(20)23-11-15(29)2-6-18(23)25(17)26/h1-16,30-33H,17-20H2;1-12,27-30H.